The van der Waals surface area contributed by atoms with Gasteiger partial charge in [0, 0.05) is 23.3 Å². The van der Waals surface area contributed by atoms with Crippen LogP contribution in [0.15, 0.2) is 78.9 Å². The van der Waals surface area contributed by atoms with Crippen LogP contribution in [0.5, 0.6) is 23.1 Å². The van der Waals surface area contributed by atoms with E-state index in [4.69, 9.17) is 30.8 Å². The number of rotatable bonds is 10. The molecular formula is C28H25F3N4O5. The maximum absolute atomic E-state index is 14.1. The number of anilines is 1. The minimum Gasteiger partial charge on any atom is -0.497 e. The Morgan fingerprint density at radius 1 is 0.950 bits per heavy atom. The van der Waals surface area contributed by atoms with Gasteiger partial charge in [-0.1, -0.05) is 42.5 Å². The summed E-state index contributed by atoms with van der Waals surface area (Å²) >= 11 is 0. The number of aliphatic carboxylic acids is 1. The molecule has 0 spiro atoms. The number of nitrogens with two attached hydrogens (primary N) is 2. The number of ether oxygens (including phenoxy) is 3. The standard InChI is InChI=1S/C28H25F3N4O5/c1-38-20-3-2-4-21(14-20)39-19-11-9-18(10-12-19)25(28(29,30)31)40-24-15-23(34-27(33)35-24)17-7-5-16(6-8-17)13-22(32)26(36)37/h2-12,14-15,22,25H,13,32H2,1H3,(H,36,37)(H2,33,34,35)/t22-,25?/m0/s1. The average molecular weight is 555 g/mol. The van der Waals surface area contributed by atoms with Gasteiger partial charge in [-0.2, -0.15) is 18.2 Å². The van der Waals surface area contributed by atoms with E-state index in [0.717, 1.165) is 0 Å². The molecule has 40 heavy (non-hydrogen) atoms. The highest BCUT2D eigenvalue weighted by molar-refractivity contribution is 5.73. The van der Waals surface area contributed by atoms with Crippen molar-refractivity contribution in [3.63, 3.8) is 0 Å². The van der Waals surface area contributed by atoms with Crippen LogP contribution in [-0.4, -0.2) is 40.4 Å². The van der Waals surface area contributed by atoms with Gasteiger partial charge in [-0.25, -0.2) is 4.98 Å². The van der Waals surface area contributed by atoms with Crippen LogP contribution in [0, 0.1) is 0 Å². The van der Waals surface area contributed by atoms with Crippen LogP contribution in [0.4, 0.5) is 19.1 Å². The fraction of sp³-hybridized carbons (Fsp3) is 0.179. The summed E-state index contributed by atoms with van der Waals surface area (Å²) in [5.74, 6) is -0.447. The van der Waals surface area contributed by atoms with E-state index in [-0.39, 0.29) is 29.5 Å². The molecule has 4 rings (SSSR count). The minimum atomic E-state index is -4.78. The highest BCUT2D eigenvalue weighted by Crippen LogP contribution is 2.38. The zero-order valence-corrected chi connectivity index (χ0v) is 21.1. The van der Waals surface area contributed by atoms with Crippen molar-refractivity contribution in [3.8, 4) is 34.4 Å². The molecule has 0 aliphatic rings. The lowest BCUT2D eigenvalue weighted by molar-refractivity contribution is -0.198. The molecule has 0 aliphatic heterocycles. The second-order valence-corrected chi connectivity index (χ2v) is 8.68. The Bertz CT molecular complexity index is 1460. The Labute approximate surface area is 227 Å². The SMILES string of the molecule is COc1cccc(Oc2ccc(C(Oc3cc(-c4ccc(C[C@H](N)C(=O)O)cc4)nc(N)n3)C(F)(F)F)cc2)c1. The molecule has 1 unspecified atom stereocenters. The molecule has 1 heterocycles. The molecule has 0 fully saturated rings. The Morgan fingerprint density at radius 2 is 1.62 bits per heavy atom. The van der Waals surface area contributed by atoms with Crippen molar-refractivity contribution in [3.05, 3.63) is 90.0 Å². The maximum atomic E-state index is 14.1. The molecule has 3 aromatic carbocycles. The van der Waals surface area contributed by atoms with E-state index in [9.17, 15) is 18.0 Å². The van der Waals surface area contributed by atoms with Gasteiger partial charge in [-0.3, -0.25) is 4.79 Å². The zero-order valence-electron chi connectivity index (χ0n) is 21.1. The van der Waals surface area contributed by atoms with Crippen LogP contribution in [0.25, 0.3) is 11.3 Å². The van der Waals surface area contributed by atoms with Gasteiger partial charge in [0.25, 0.3) is 0 Å². The van der Waals surface area contributed by atoms with Crippen LogP contribution < -0.4 is 25.7 Å². The molecule has 0 aliphatic carbocycles. The summed E-state index contributed by atoms with van der Waals surface area (Å²) in [7, 11) is 1.51. The molecule has 5 N–H and O–H groups in total. The number of benzene rings is 3. The number of carboxylic acids is 1. The maximum Gasteiger partial charge on any atom is 0.429 e. The third-order valence-electron chi connectivity index (χ3n) is 5.74. The first-order chi connectivity index (χ1) is 19.0. The Morgan fingerprint density at radius 3 is 2.25 bits per heavy atom. The largest absolute Gasteiger partial charge is 0.497 e. The first-order valence-corrected chi connectivity index (χ1v) is 11.9. The molecule has 4 aromatic rings. The number of carboxylic acid groups (broad SMARTS) is 1. The van der Waals surface area contributed by atoms with Gasteiger partial charge < -0.3 is 30.8 Å². The number of halogens is 3. The van der Waals surface area contributed by atoms with E-state index in [1.165, 1.54) is 37.4 Å². The number of nitrogen functional groups attached to an aromatic ring is 1. The fourth-order valence-corrected chi connectivity index (χ4v) is 3.76. The van der Waals surface area contributed by atoms with Crippen LogP contribution >= 0.6 is 0 Å². The van der Waals surface area contributed by atoms with Gasteiger partial charge in [-0.15, -0.1) is 0 Å². The van der Waals surface area contributed by atoms with E-state index in [0.29, 0.717) is 28.4 Å². The highest BCUT2D eigenvalue weighted by Gasteiger charge is 2.43. The number of alkyl halides is 3. The predicted octanol–water partition coefficient (Wildman–Crippen LogP) is 5.16. The van der Waals surface area contributed by atoms with Crippen LogP contribution in [0.3, 0.4) is 0 Å². The van der Waals surface area contributed by atoms with Crippen molar-refractivity contribution in [2.75, 3.05) is 12.8 Å². The fourth-order valence-electron chi connectivity index (χ4n) is 3.76. The van der Waals surface area contributed by atoms with Crippen molar-refractivity contribution in [1.82, 2.24) is 9.97 Å². The van der Waals surface area contributed by atoms with Gasteiger partial charge >= 0.3 is 12.1 Å². The number of nitrogens with zero attached hydrogens (tertiary/aromatic N) is 2. The van der Waals surface area contributed by atoms with Crippen molar-refractivity contribution in [2.45, 2.75) is 24.7 Å². The summed E-state index contributed by atoms with van der Waals surface area (Å²) < 4.78 is 58.3. The Kier molecular flexibility index (Phi) is 8.39. The van der Waals surface area contributed by atoms with Crippen molar-refractivity contribution >= 4 is 11.9 Å². The number of hydrogen-bond donors (Lipinski definition) is 3. The van der Waals surface area contributed by atoms with Gasteiger partial charge in [-0.05, 0) is 36.2 Å². The lowest BCUT2D eigenvalue weighted by atomic mass is 10.0. The van der Waals surface area contributed by atoms with Crippen molar-refractivity contribution < 1.29 is 37.3 Å². The van der Waals surface area contributed by atoms with Crippen LogP contribution in [0.2, 0.25) is 0 Å². The quantitative estimate of drug-likeness (QED) is 0.242. The molecule has 0 bridgehead atoms. The summed E-state index contributed by atoms with van der Waals surface area (Å²) in [5.41, 5.74) is 12.5. The van der Waals surface area contributed by atoms with Crippen LogP contribution in [0.1, 0.15) is 17.2 Å². The summed E-state index contributed by atoms with van der Waals surface area (Å²) in [6, 6.07) is 18.8. The molecule has 12 heteroatoms. The lowest BCUT2D eigenvalue weighted by Crippen LogP contribution is -2.32. The summed E-state index contributed by atoms with van der Waals surface area (Å²) in [4.78, 5) is 18.9. The first-order valence-electron chi connectivity index (χ1n) is 11.9. The molecule has 1 aromatic heterocycles. The summed E-state index contributed by atoms with van der Waals surface area (Å²) in [6.07, 6.45) is -7.02. The normalized spacial score (nSPS) is 12.8. The van der Waals surface area contributed by atoms with Crippen molar-refractivity contribution in [2.24, 2.45) is 5.73 Å². The molecule has 0 amide bonds. The Hall–Kier alpha value is -4.84. The van der Waals surface area contributed by atoms with Crippen molar-refractivity contribution in [1.29, 1.82) is 0 Å². The Balaban J connectivity index is 1.54. The molecule has 0 radical (unpaired) electrons. The number of hydrogen-bond acceptors (Lipinski definition) is 8. The van der Waals surface area contributed by atoms with Gasteiger partial charge in [0.15, 0.2) is 0 Å². The molecular weight excluding hydrogens is 529 g/mol. The first kappa shape index (κ1) is 28.2. The molecule has 0 saturated heterocycles. The molecule has 0 saturated carbocycles. The number of methoxy groups -OCH3 is 1. The minimum absolute atomic E-state index is 0.104. The van der Waals surface area contributed by atoms with Gasteiger partial charge in [0.1, 0.15) is 23.3 Å². The topological polar surface area (TPSA) is 143 Å². The van der Waals surface area contributed by atoms with Gasteiger partial charge in [0.2, 0.25) is 17.9 Å². The number of aromatic nitrogens is 2. The predicted molar refractivity (Wildman–Crippen MR) is 140 cm³/mol. The number of carbonyl (C=O) groups is 1. The van der Waals surface area contributed by atoms with Crippen LogP contribution in [-0.2, 0) is 11.2 Å². The lowest BCUT2D eigenvalue weighted by Gasteiger charge is -2.22. The van der Waals surface area contributed by atoms with Gasteiger partial charge in [0.05, 0.1) is 12.8 Å². The summed E-state index contributed by atoms with van der Waals surface area (Å²) in [6.45, 7) is 0. The summed E-state index contributed by atoms with van der Waals surface area (Å²) in [5, 5.41) is 8.98. The molecule has 208 valence electrons. The van der Waals surface area contributed by atoms with E-state index in [2.05, 4.69) is 9.97 Å². The third-order valence-corrected chi connectivity index (χ3v) is 5.74. The second-order valence-electron chi connectivity index (χ2n) is 8.68. The zero-order chi connectivity index (χ0) is 28.9. The van der Waals surface area contributed by atoms with E-state index in [1.54, 1.807) is 48.5 Å². The third kappa shape index (κ3) is 7.17. The van der Waals surface area contributed by atoms with E-state index >= 15 is 0 Å². The van der Waals surface area contributed by atoms with E-state index < -0.39 is 24.3 Å². The average Bonchev–Trinajstić information content (AvgIpc) is 2.92. The van der Waals surface area contributed by atoms with E-state index in [1.807, 2.05) is 0 Å². The molecule has 2 atom stereocenters. The highest BCUT2D eigenvalue weighted by atomic mass is 19.4. The smallest absolute Gasteiger partial charge is 0.429 e. The monoisotopic (exact) mass is 554 g/mol. The molecule has 9 nitrogen and oxygen atoms in total. The second kappa shape index (κ2) is 11.9.